The van der Waals surface area contributed by atoms with E-state index < -0.39 is 16.7 Å². The van der Waals surface area contributed by atoms with Gasteiger partial charge in [-0.3, -0.25) is 19.7 Å². The first kappa shape index (κ1) is 22.3. The van der Waals surface area contributed by atoms with Crippen molar-refractivity contribution >= 4 is 34.6 Å². The van der Waals surface area contributed by atoms with Crippen molar-refractivity contribution in [1.29, 1.82) is 0 Å². The molecule has 0 saturated heterocycles. The number of nitrogens with one attached hydrogen (secondary N) is 2. The third-order valence-electron chi connectivity index (χ3n) is 4.58. The zero-order valence-corrected chi connectivity index (χ0v) is 17.6. The van der Waals surface area contributed by atoms with E-state index in [0.29, 0.717) is 17.1 Å². The highest BCUT2D eigenvalue weighted by Gasteiger charge is 2.21. The van der Waals surface area contributed by atoms with Crippen LogP contribution in [0.3, 0.4) is 0 Å². The summed E-state index contributed by atoms with van der Waals surface area (Å²) in [6, 6.07) is 20.0. The van der Waals surface area contributed by atoms with Gasteiger partial charge in [0.1, 0.15) is 11.4 Å². The van der Waals surface area contributed by atoms with Gasteiger partial charge in [0.2, 0.25) is 5.91 Å². The number of carbonyl (C=O) groups is 2. The summed E-state index contributed by atoms with van der Waals surface area (Å²) in [7, 11) is 2.97. The van der Waals surface area contributed by atoms with Gasteiger partial charge in [-0.1, -0.05) is 24.3 Å². The number of benzene rings is 3. The molecule has 0 aromatic heterocycles. The Hall–Kier alpha value is -4.40. The molecule has 32 heavy (non-hydrogen) atoms. The molecule has 2 amide bonds. The fraction of sp³-hybridized carbons (Fsp3) is 0.130. The van der Waals surface area contributed by atoms with Gasteiger partial charge in [0.15, 0.2) is 0 Å². The van der Waals surface area contributed by atoms with Crippen LogP contribution in [-0.4, -0.2) is 42.3 Å². The number of nitrogens with zero attached hydrogens (tertiary/aromatic N) is 2. The summed E-state index contributed by atoms with van der Waals surface area (Å²) in [5.41, 5.74) is 1.33. The van der Waals surface area contributed by atoms with E-state index in [1.165, 1.54) is 37.3 Å². The SMILES string of the molecule is COc1cccc(NC(=O)CN(C)C(=O)c2ccc(Nc3ccccc3)c([N+](=O)[O-])c2)c1. The van der Waals surface area contributed by atoms with Crippen molar-refractivity contribution in [1.82, 2.24) is 4.90 Å². The van der Waals surface area contributed by atoms with Crippen LogP contribution in [0.1, 0.15) is 10.4 Å². The normalized spacial score (nSPS) is 10.2. The smallest absolute Gasteiger partial charge is 0.293 e. The number of likely N-dealkylation sites (N-methyl/N-ethyl adjacent to an activating group) is 1. The average Bonchev–Trinajstić information content (AvgIpc) is 2.79. The minimum atomic E-state index is -0.558. The van der Waals surface area contributed by atoms with Gasteiger partial charge in [-0.25, -0.2) is 0 Å². The number of hydrogen-bond acceptors (Lipinski definition) is 6. The maximum Gasteiger partial charge on any atom is 0.293 e. The first-order valence-corrected chi connectivity index (χ1v) is 9.67. The highest BCUT2D eigenvalue weighted by Crippen LogP contribution is 2.29. The highest BCUT2D eigenvalue weighted by atomic mass is 16.6. The maximum atomic E-state index is 12.8. The van der Waals surface area contributed by atoms with Crippen LogP contribution in [0.5, 0.6) is 5.75 Å². The van der Waals surface area contributed by atoms with Crippen molar-refractivity contribution in [3.63, 3.8) is 0 Å². The molecule has 0 atom stereocenters. The lowest BCUT2D eigenvalue weighted by molar-refractivity contribution is -0.383. The Morgan fingerprint density at radius 2 is 1.72 bits per heavy atom. The van der Waals surface area contributed by atoms with Crippen molar-refractivity contribution in [2.24, 2.45) is 0 Å². The Kier molecular flexibility index (Phi) is 7.02. The molecular formula is C23H22N4O5. The second kappa shape index (κ2) is 10.1. The molecule has 0 fully saturated rings. The summed E-state index contributed by atoms with van der Waals surface area (Å²) in [4.78, 5) is 37.3. The Labute approximate surface area is 184 Å². The molecule has 0 radical (unpaired) electrons. The van der Waals surface area contributed by atoms with Crippen LogP contribution in [0.25, 0.3) is 0 Å². The molecule has 9 heteroatoms. The molecule has 0 bridgehead atoms. The summed E-state index contributed by atoms with van der Waals surface area (Å²) >= 11 is 0. The number of nitro groups is 1. The lowest BCUT2D eigenvalue weighted by Crippen LogP contribution is -2.35. The molecule has 9 nitrogen and oxygen atoms in total. The molecule has 0 unspecified atom stereocenters. The van der Waals surface area contributed by atoms with Crippen molar-refractivity contribution in [2.75, 3.05) is 31.3 Å². The minimum Gasteiger partial charge on any atom is -0.497 e. The number of anilines is 3. The first-order chi connectivity index (χ1) is 15.4. The monoisotopic (exact) mass is 434 g/mol. The predicted molar refractivity (Wildman–Crippen MR) is 121 cm³/mol. The van der Waals surface area contributed by atoms with E-state index >= 15 is 0 Å². The zero-order valence-electron chi connectivity index (χ0n) is 17.6. The topological polar surface area (TPSA) is 114 Å². The van der Waals surface area contributed by atoms with Crippen molar-refractivity contribution in [3.05, 3.63) is 88.5 Å². The molecule has 0 spiro atoms. The van der Waals surface area contributed by atoms with Gasteiger partial charge >= 0.3 is 0 Å². The zero-order chi connectivity index (χ0) is 23.1. The number of amides is 2. The van der Waals surface area contributed by atoms with Gasteiger partial charge in [-0.05, 0) is 36.4 Å². The summed E-state index contributed by atoms with van der Waals surface area (Å²) in [5.74, 6) is -0.338. The van der Waals surface area contributed by atoms with Gasteiger partial charge in [0.05, 0.1) is 18.6 Å². The van der Waals surface area contributed by atoms with Gasteiger partial charge < -0.3 is 20.3 Å². The summed E-state index contributed by atoms with van der Waals surface area (Å²) < 4.78 is 5.12. The van der Waals surface area contributed by atoms with Crippen molar-refractivity contribution < 1.29 is 19.2 Å². The average molecular weight is 434 g/mol. The Morgan fingerprint density at radius 3 is 2.41 bits per heavy atom. The van der Waals surface area contributed by atoms with E-state index in [0.717, 1.165) is 0 Å². The van der Waals surface area contributed by atoms with Crippen LogP contribution >= 0.6 is 0 Å². The van der Waals surface area contributed by atoms with Crippen LogP contribution in [0, 0.1) is 10.1 Å². The summed E-state index contributed by atoms with van der Waals surface area (Å²) in [6.45, 7) is -0.228. The molecule has 3 aromatic carbocycles. The number of methoxy groups -OCH3 is 1. The molecule has 2 N–H and O–H groups in total. The van der Waals surface area contributed by atoms with Crippen LogP contribution in [0.15, 0.2) is 72.8 Å². The minimum absolute atomic E-state index is 0.104. The largest absolute Gasteiger partial charge is 0.497 e. The van der Waals surface area contributed by atoms with Gasteiger partial charge in [-0.2, -0.15) is 0 Å². The van der Waals surface area contributed by atoms with Gasteiger partial charge in [-0.15, -0.1) is 0 Å². The van der Waals surface area contributed by atoms with E-state index in [4.69, 9.17) is 4.74 Å². The molecule has 0 aliphatic carbocycles. The highest BCUT2D eigenvalue weighted by molar-refractivity contribution is 6.00. The van der Waals surface area contributed by atoms with E-state index in [1.807, 2.05) is 6.07 Å². The lowest BCUT2D eigenvalue weighted by Gasteiger charge is -2.17. The van der Waals surface area contributed by atoms with Crippen LogP contribution in [0.2, 0.25) is 0 Å². The van der Waals surface area contributed by atoms with Crippen LogP contribution < -0.4 is 15.4 Å². The van der Waals surface area contributed by atoms with E-state index in [-0.39, 0.29) is 23.5 Å². The molecule has 164 valence electrons. The van der Waals surface area contributed by atoms with Crippen LogP contribution in [0.4, 0.5) is 22.7 Å². The first-order valence-electron chi connectivity index (χ1n) is 9.67. The fourth-order valence-corrected chi connectivity index (χ4v) is 3.01. The lowest BCUT2D eigenvalue weighted by atomic mass is 10.1. The predicted octanol–water partition coefficient (Wildman–Crippen LogP) is 4.06. The number of hydrogen-bond donors (Lipinski definition) is 2. The Bertz CT molecular complexity index is 1130. The second-order valence-electron chi connectivity index (χ2n) is 6.92. The maximum absolute atomic E-state index is 12.8. The second-order valence-corrected chi connectivity index (χ2v) is 6.92. The molecule has 0 aliphatic heterocycles. The van der Waals surface area contributed by atoms with E-state index in [2.05, 4.69) is 10.6 Å². The number of para-hydroxylation sites is 1. The summed E-state index contributed by atoms with van der Waals surface area (Å²) in [5, 5.41) is 17.2. The molecule has 0 saturated carbocycles. The number of nitro benzene ring substituents is 1. The molecule has 3 rings (SSSR count). The van der Waals surface area contributed by atoms with Gasteiger partial charge in [0, 0.05) is 36.1 Å². The third kappa shape index (κ3) is 5.60. The fourth-order valence-electron chi connectivity index (χ4n) is 3.01. The van der Waals surface area contributed by atoms with Crippen LogP contribution in [-0.2, 0) is 4.79 Å². The standard InChI is InChI=1S/C23H22N4O5/c1-26(15-22(28)25-18-9-6-10-19(14-18)32-2)23(29)16-11-12-20(21(13-16)27(30)31)24-17-7-4-3-5-8-17/h3-14,24H,15H2,1-2H3,(H,25,28). The van der Waals surface area contributed by atoms with E-state index in [1.54, 1.807) is 48.5 Å². The Morgan fingerprint density at radius 1 is 1.00 bits per heavy atom. The van der Waals surface area contributed by atoms with Crippen molar-refractivity contribution in [3.8, 4) is 5.75 Å². The third-order valence-corrected chi connectivity index (χ3v) is 4.58. The molecule has 3 aromatic rings. The summed E-state index contributed by atoms with van der Waals surface area (Å²) in [6.07, 6.45) is 0. The molecular weight excluding hydrogens is 412 g/mol. The number of carbonyl (C=O) groups excluding carboxylic acids is 2. The quantitative estimate of drug-likeness (QED) is 0.408. The number of ether oxygens (including phenoxy) is 1. The van der Waals surface area contributed by atoms with Crippen molar-refractivity contribution in [2.45, 2.75) is 0 Å². The molecule has 0 aliphatic rings. The van der Waals surface area contributed by atoms with E-state index in [9.17, 15) is 19.7 Å². The van der Waals surface area contributed by atoms with Gasteiger partial charge in [0.25, 0.3) is 11.6 Å². The molecule has 0 heterocycles. The Balaban J connectivity index is 1.70. The number of rotatable bonds is 8.